The van der Waals surface area contributed by atoms with Crippen LogP contribution in [0.25, 0.3) is 0 Å². The monoisotopic (exact) mass is 281 g/mol. The Hall–Kier alpha value is -1.10. The summed E-state index contributed by atoms with van der Waals surface area (Å²) in [5.74, 6) is 0.319. The normalized spacial score (nSPS) is 24.6. The number of hydrogen-bond donors (Lipinski definition) is 1. The van der Waals surface area contributed by atoms with Crippen LogP contribution in [0.15, 0.2) is 0 Å². The summed E-state index contributed by atoms with van der Waals surface area (Å²) in [7, 11) is 0. The summed E-state index contributed by atoms with van der Waals surface area (Å²) in [4.78, 5) is 28.1. The molecular weight excluding hydrogens is 254 g/mol. The Kier molecular flexibility index (Phi) is 4.68. The largest absolute Gasteiger partial charge is 0.339 e. The van der Waals surface area contributed by atoms with Crippen molar-refractivity contribution < 1.29 is 9.59 Å². The summed E-state index contributed by atoms with van der Waals surface area (Å²) >= 11 is 0. The van der Waals surface area contributed by atoms with E-state index in [9.17, 15) is 9.59 Å². The van der Waals surface area contributed by atoms with Crippen molar-refractivity contribution in [3.63, 3.8) is 0 Å². The second-order valence-corrected chi connectivity index (χ2v) is 6.51. The lowest BCUT2D eigenvalue weighted by molar-refractivity contribution is -0.140. The van der Waals surface area contributed by atoms with Crippen LogP contribution in [0.1, 0.15) is 46.5 Å². The van der Waals surface area contributed by atoms with Crippen molar-refractivity contribution in [1.29, 1.82) is 0 Å². The lowest BCUT2D eigenvalue weighted by Crippen LogP contribution is -2.55. The van der Waals surface area contributed by atoms with Gasteiger partial charge in [-0.15, -0.1) is 0 Å². The molecule has 5 heteroatoms. The molecule has 0 aromatic heterocycles. The second kappa shape index (κ2) is 6.12. The number of piperidine rings is 1. The molecule has 0 spiro atoms. The Morgan fingerprint density at radius 3 is 2.35 bits per heavy atom. The number of nitrogens with zero attached hydrogens (tertiary/aromatic N) is 2. The molecule has 2 unspecified atom stereocenters. The first-order valence-corrected chi connectivity index (χ1v) is 7.75. The van der Waals surface area contributed by atoms with Gasteiger partial charge < -0.3 is 15.5 Å². The summed E-state index contributed by atoms with van der Waals surface area (Å²) in [6, 6.07) is 0.156. The first kappa shape index (κ1) is 15.3. The topological polar surface area (TPSA) is 66.6 Å². The average molecular weight is 281 g/mol. The molecule has 1 aliphatic carbocycles. The number of amides is 2. The third-order valence-electron chi connectivity index (χ3n) is 4.41. The fraction of sp³-hybridized carbons (Fsp3) is 0.867. The van der Waals surface area contributed by atoms with Crippen LogP contribution in [-0.4, -0.2) is 52.8 Å². The molecule has 0 aromatic carbocycles. The quantitative estimate of drug-likeness (QED) is 0.835. The van der Waals surface area contributed by atoms with E-state index in [4.69, 9.17) is 5.73 Å². The molecule has 2 fully saturated rings. The zero-order valence-corrected chi connectivity index (χ0v) is 12.8. The average Bonchev–Trinajstić information content (AvgIpc) is 3.21. The molecule has 2 N–H and O–H groups in total. The van der Waals surface area contributed by atoms with Crippen LogP contribution in [-0.2, 0) is 9.59 Å². The third kappa shape index (κ3) is 3.32. The number of nitrogens with two attached hydrogens (primary N) is 1. The molecule has 0 aromatic rings. The van der Waals surface area contributed by atoms with Crippen LogP contribution in [0.3, 0.4) is 0 Å². The van der Waals surface area contributed by atoms with Crippen LogP contribution in [0, 0.1) is 5.92 Å². The molecule has 0 bridgehead atoms. The number of rotatable bonds is 4. The van der Waals surface area contributed by atoms with Crippen molar-refractivity contribution in [2.75, 3.05) is 13.1 Å². The highest BCUT2D eigenvalue weighted by Crippen LogP contribution is 2.31. The van der Waals surface area contributed by atoms with Crippen molar-refractivity contribution in [1.82, 2.24) is 9.80 Å². The molecule has 2 atom stereocenters. The highest BCUT2D eigenvalue weighted by molar-refractivity contribution is 5.82. The minimum Gasteiger partial charge on any atom is -0.339 e. The summed E-state index contributed by atoms with van der Waals surface area (Å²) in [5.41, 5.74) is 5.97. The first-order valence-electron chi connectivity index (χ1n) is 7.75. The maximum atomic E-state index is 12.4. The van der Waals surface area contributed by atoms with E-state index in [2.05, 4.69) is 0 Å². The molecule has 114 valence electrons. The smallest absolute Gasteiger partial charge is 0.239 e. The van der Waals surface area contributed by atoms with Crippen molar-refractivity contribution >= 4 is 11.8 Å². The van der Waals surface area contributed by atoms with E-state index in [-0.39, 0.29) is 23.8 Å². The minimum absolute atomic E-state index is 0.0315. The van der Waals surface area contributed by atoms with Gasteiger partial charge in [-0.1, -0.05) is 13.8 Å². The maximum Gasteiger partial charge on any atom is 0.239 e. The Morgan fingerprint density at radius 2 is 1.85 bits per heavy atom. The van der Waals surface area contributed by atoms with Gasteiger partial charge in [0.25, 0.3) is 0 Å². The fourth-order valence-corrected chi connectivity index (χ4v) is 3.04. The Labute approximate surface area is 121 Å². The van der Waals surface area contributed by atoms with Gasteiger partial charge in [-0.25, -0.2) is 0 Å². The molecular formula is C15H27N3O2. The Bertz CT molecular complexity index is 379. The van der Waals surface area contributed by atoms with Gasteiger partial charge in [0.15, 0.2) is 0 Å². The van der Waals surface area contributed by atoms with Gasteiger partial charge in [-0.3, -0.25) is 9.59 Å². The SMILES string of the molecule is CC(=O)N(C1CC1)C1CCCN(C(=O)C(N)C(C)C)C1. The summed E-state index contributed by atoms with van der Waals surface area (Å²) < 4.78 is 0. The highest BCUT2D eigenvalue weighted by atomic mass is 16.2. The van der Waals surface area contributed by atoms with Gasteiger partial charge in [0.1, 0.15) is 0 Å². The van der Waals surface area contributed by atoms with Crippen molar-refractivity contribution in [3.05, 3.63) is 0 Å². The zero-order chi connectivity index (χ0) is 14.9. The maximum absolute atomic E-state index is 12.4. The number of carbonyl (C=O) groups excluding carboxylic acids is 2. The first-order chi connectivity index (χ1) is 9.41. The summed E-state index contributed by atoms with van der Waals surface area (Å²) in [5, 5.41) is 0. The van der Waals surface area contributed by atoms with Gasteiger partial charge >= 0.3 is 0 Å². The molecule has 2 aliphatic rings. The van der Waals surface area contributed by atoms with E-state index in [1.165, 1.54) is 0 Å². The van der Waals surface area contributed by atoms with Crippen LogP contribution in [0.4, 0.5) is 0 Å². The predicted octanol–water partition coefficient (Wildman–Crippen LogP) is 0.972. The van der Waals surface area contributed by atoms with Crippen LogP contribution in [0.5, 0.6) is 0 Å². The standard InChI is InChI=1S/C15H27N3O2/c1-10(2)14(16)15(20)17-8-4-5-13(9-17)18(11(3)19)12-6-7-12/h10,12-14H,4-9,16H2,1-3H3. The van der Waals surface area contributed by atoms with E-state index in [1.54, 1.807) is 6.92 Å². The van der Waals surface area contributed by atoms with Crippen LogP contribution in [0.2, 0.25) is 0 Å². The summed E-state index contributed by atoms with van der Waals surface area (Å²) in [6.45, 7) is 6.99. The Morgan fingerprint density at radius 1 is 1.20 bits per heavy atom. The second-order valence-electron chi connectivity index (χ2n) is 6.51. The van der Waals surface area contributed by atoms with Crippen molar-refractivity contribution in [2.24, 2.45) is 11.7 Å². The lowest BCUT2D eigenvalue weighted by atomic mass is 9.99. The van der Waals surface area contributed by atoms with Crippen LogP contribution >= 0.6 is 0 Å². The van der Waals surface area contributed by atoms with Gasteiger partial charge in [0.2, 0.25) is 11.8 Å². The molecule has 0 radical (unpaired) electrons. The van der Waals surface area contributed by atoms with E-state index in [0.717, 1.165) is 32.2 Å². The van der Waals surface area contributed by atoms with Crippen molar-refractivity contribution in [2.45, 2.75) is 64.6 Å². The molecule has 5 nitrogen and oxygen atoms in total. The van der Waals surface area contributed by atoms with Crippen molar-refractivity contribution in [3.8, 4) is 0 Å². The molecule has 1 saturated carbocycles. The molecule has 1 heterocycles. The van der Waals surface area contributed by atoms with E-state index < -0.39 is 6.04 Å². The Balaban J connectivity index is 2.00. The minimum atomic E-state index is -0.430. The summed E-state index contributed by atoms with van der Waals surface area (Å²) in [6.07, 6.45) is 4.17. The van der Waals surface area contributed by atoms with Gasteiger partial charge in [-0.05, 0) is 31.6 Å². The van der Waals surface area contributed by atoms with E-state index in [0.29, 0.717) is 12.6 Å². The number of carbonyl (C=O) groups is 2. The van der Waals surface area contributed by atoms with Gasteiger partial charge in [-0.2, -0.15) is 0 Å². The lowest BCUT2D eigenvalue weighted by Gasteiger charge is -2.40. The molecule has 1 saturated heterocycles. The van der Waals surface area contributed by atoms with Gasteiger partial charge in [0, 0.05) is 32.1 Å². The van der Waals surface area contributed by atoms with E-state index in [1.807, 2.05) is 23.6 Å². The molecule has 2 rings (SSSR count). The zero-order valence-electron chi connectivity index (χ0n) is 12.8. The number of hydrogen-bond acceptors (Lipinski definition) is 3. The fourth-order valence-electron chi connectivity index (χ4n) is 3.04. The number of likely N-dealkylation sites (tertiary alicyclic amines) is 1. The molecule has 20 heavy (non-hydrogen) atoms. The third-order valence-corrected chi connectivity index (χ3v) is 4.41. The molecule has 1 aliphatic heterocycles. The highest BCUT2D eigenvalue weighted by Gasteiger charge is 2.38. The van der Waals surface area contributed by atoms with Crippen LogP contribution < -0.4 is 5.73 Å². The van der Waals surface area contributed by atoms with Gasteiger partial charge in [0.05, 0.1) is 6.04 Å². The predicted molar refractivity (Wildman–Crippen MR) is 78.0 cm³/mol. The molecule has 2 amide bonds. The van der Waals surface area contributed by atoms with E-state index >= 15 is 0 Å².